The quantitative estimate of drug-likeness (QED) is 0.689. The van der Waals surface area contributed by atoms with Gasteiger partial charge in [0.1, 0.15) is 5.56 Å². The summed E-state index contributed by atoms with van der Waals surface area (Å²) in [7, 11) is 0. The van der Waals surface area contributed by atoms with Gasteiger partial charge in [0.05, 0.1) is 5.52 Å². The number of carbonyl (C=O) groups is 1. The maximum absolute atomic E-state index is 12.8. The number of fused-ring (bicyclic) bond motifs is 1. The van der Waals surface area contributed by atoms with Crippen LogP contribution in [0.3, 0.4) is 0 Å². The minimum atomic E-state index is -0.469. The molecule has 0 unspecified atom stereocenters. The van der Waals surface area contributed by atoms with Crippen molar-refractivity contribution in [1.29, 1.82) is 0 Å². The normalized spacial score (nSPS) is 11.1. The first-order valence-corrected chi connectivity index (χ1v) is 8.53. The molecule has 0 saturated carbocycles. The van der Waals surface area contributed by atoms with Gasteiger partial charge in [-0.25, -0.2) is 0 Å². The molecule has 128 valence electrons. The maximum Gasteiger partial charge on any atom is 0.261 e. The second-order valence-electron chi connectivity index (χ2n) is 6.00. The van der Waals surface area contributed by atoms with Crippen molar-refractivity contribution < 1.29 is 4.79 Å². The summed E-state index contributed by atoms with van der Waals surface area (Å²) < 4.78 is 1.89. The molecule has 3 aromatic rings. The average Bonchev–Trinajstić information content (AvgIpc) is 2.57. The largest absolute Gasteiger partial charge is 0.344 e. The Morgan fingerprint density at radius 3 is 2.32 bits per heavy atom. The number of rotatable bonds is 3. The van der Waals surface area contributed by atoms with Crippen molar-refractivity contribution in [3.8, 4) is 0 Å². The van der Waals surface area contributed by atoms with E-state index in [-0.39, 0.29) is 17.0 Å². The van der Waals surface area contributed by atoms with Gasteiger partial charge in [-0.1, -0.05) is 23.2 Å². The van der Waals surface area contributed by atoms with E-state index >= 15 is 0 Å². The third-order valence-corrected chi connectivity index (χ3v) is 4.38. The Labute approximate surface area is 155 Å². The van der Waals surface area contributed by atoms with E-state index in [0.29, 0.717) is 21.1 Å². The fraction of sp³-hybridized carbons (Fsp3) is 0.158. The summed E-state index contributed by atoms with van der Waals surface area (Å²) in [5.41, 5.74) is 1.03. The lowest BCUT2D eigenvalue weighted by Crippen LogP contribution is -2.24. The SMILES string of the molecule is CC(C)n1cc(C(=O)Nc2ccc(Cl)cc2)c(=O)c2cc(Cl)ccc21. The second kappa shape index (κ2) is 6.90. The number of hydrogen-bond donors (Lipinski definition) is 1. The molecule has 0 aliphatic heterocycles. The van der Waals surface area contributed by atoms with E-state index in [2.05, 4.69) is 5.32 Å². The van der Waals surface area contributed by atoms with Crippen molar-refractivity contribution in [2.45, 2.75) is 19.9 Å². The molecule has 1 aromatic heterocycles. The summed E-state index contributed by atoms with van der Waals surface area (Å²) in [6, 6.07) is 11.9. The maximum atomic E-state index is 12.8. The molecular weight excluding hydrogens is 359 g/mol. The van der Waals surface area contributed by atoms with E-state index in [9.17, 15) is 9.59 Å². The fourth-order valence-corrected chi connectivity index (χ4v) is 2.95. The summed E-state index contributed by atoms with van der Waals surface area (Å²) in [4.78, 5) is 25.4. The van der Waals surface area contributed by atoms with Crippen LogP contribution >= 0.6 is 23.2 Å². The van der Waals surface area contributed by atoms with Crippen LogP contribution in [0.2, 0.25) is 10.0 Å². The molecule has 6 heteroatoms. The minimum absolute atomic E-state index is 0.0680. The zero-order valence-electron chi connectivity index (χ0n) is 13.7. The molecular formula is C19H16Cl2N2O2. The summed E-state index contributed by atoms with van der Waals surface area (Å²) in [6.07, 6.45) is 1.59. The van der Waals surface area contributed by atoms with Crippen LogP contribution < -0.4 is 10.7 Å². The predicted octanol–water partition coefficient (Wildman–Crippen LogP) is 5.14. The van der Waals surface area contributed by atoms with E-state index in [1.807, 2.05) is 18.4 Å². The van der Waals surface area contributed by atoms with Gasteiger partial charge in [0.15, 0.2) is 0 Å². The molecule has 0 fully saturated rings. The van der Waals surface area contributed by atoms with Gasteiger partial charge in [0.25, 0.3) is 5.91 Å². The molecule has 0 aliphatic rings. The van der Waals surface area contributed by atoms with Crippen molar-refractivity contribution >= 4 is 45.7 Å². The predicted molar refractivity (Wildman–Crippen MR) is 103 cm³/mol. The minimum Gasteiger partial charge on any atom is -0.344 e. The van der Waals surface area contributed by atoms with Crippen molar-refractivity contribution in [2.75, 3.05) is 5.32 Å². The topological polar surface area (TPSA) is 51.1 Å². The summed E-state index contributed by atoms with van der Waals surface area (Å²) in [5, 5.41) is 4.17. The van der Waals surface area contributed by atoms with Crippen LogP contribution in [0.5, 0.6) is 0 Å². The summed E-state index contributed by atoms with van der Waals surface area (Å²) >= 11 is 11.9. The number of pyridine rings is 1. The number of hydrogen-bond acceptors (Lipinski definition) is 2. The summed E-state index contributed by atoms with van der Waals surface area (Å²) in [5.74, 6) is -0.469. The number of amides is 1. The molecule has 3 rings (SSSR count). The smallest absolute Gasteiger partial charge is 0.261 e. The molecule has 0 bridgehead atoms. The highest BCUT2D eigenvalue weighted by Crippen LogP contribution is 2.21. The fourth-order valence-electron chi connectivity index (χ4n) is 2.65. The first kappa shape index (κ1) is 17.5. The van der Waals surface area contributed by atoms with E-state index in [4.69, 9.17) is 23.2 Å². The number of halogens is 2. The molecule has 0 radical (unpaired) electrons. The van der Waals surface area contributed by atoms with Gasteiger partial charge in [-0.05, 0) is 56.3 Å². The van der Waals surface area contributed by atoms with Gasteiger partial charge in [0.2, 0.25) is 5.43 Å². The van der Waals surface area contributed by atoms with Gasteiger partial charge in [-0.15, -0.1) is 0 Å². The number of carbonyl (C=O) groups excluding carboxylic acids is 1. The number of aromatic nitrogens is 1. The third kappa shape index (κ3) is 3.55. The molecule has 25 heavy (non-hydrogen) atoms. The lowest BCUT2D eigenvalue weighted by molar-refractivity contribution is 0.102. The molecule has 1 N–H and O–H groups in total. The van der Waals surface area contributed by atoms with Crippen LogP contribution in [0, 0.1) is 0 Å². The Morgan fingerprint density at radius 1 is 1.04 bits per heavy atom. The van der Waals surface area contributed by atoms with Crippen LogP contribution in [-0.4, -0.2) is 10.5 Å². The van der Waals surface area contributed by atoms with E-state index < -0.39 is 5.91 Å². The van der Waals surface area contributed by atoms with Crippen molar-refractivity contribution in [2.24, 2.45) is 0 Å². The molecule has 1 heterocycles. The lowest BCUT2D eigenvalue weighted by Gasteiger charge is -2.17. The molecule has 4 nitrogen and oxygen atoms in total. The Balaban J connectivity index is 2.11. The first-order chi connectivity index (χ1) is 11.9. The van der Waals surface area contributed by atoms with E-state index in [1.165, 1.54) is 0 Å². The van der Waals surface area contributed by atoms with Crippen LogP contribution in [0.25, 0.3) is 10.9 Å². The lowest BCUT2D eigenvalue weighted by atomic mass is 10.1. The van der Waals surface area contributed by atoms with Crippen LogP contribution in [0.1, 0.15) is 30.2 Å². The highest BCUT2D eigenvalue weighted by atomic mass is 35.5. The highest BCUT2D eigenvalue weighted by molar-refractivity contribution is 6.31. The van der Waals surface area contributed by atoms with Crippen molar-refractivity contribution in [3.05, 3.63) is 74.5 Å². The molecule has 0 saturated heterocycles. The molecule has 2 aromatic carbocycles. The van der Waals surface area contributed by atoms with Crippen molar-refractivity contribution in [1.82, 2.24) is 4.57 Å². The van der Waals surface area contributed by atoms with Gasteiger partial charge in [-0.3, -0.25) is 9.59 Å². The Bertz CT molecular complexity index is 1010. The molecule has 1 amide bonds. The molecule has 0 atom stereocenters. The second-order valence-corrected chi connectivity index (χ2v) is 6.87. The highest BCUT2D eigenvalue weighted by Gasteiger charge is 2.17. The molecule has 0 spiro atoms. The zero-order valence-corrected chi connectivity index (χ0v) is 15.2. The zero-order chi connectivity index (χ0) is 18.1. The van der Waals surface area contributed by atoms with Gasteiger partial charge < -0.3 is 9.88 Å². The van der Waals surface area contributed by atoms with E-state index in [0.717, 1.165) is 5.52 Å². The van der Waals surface area contributed by atoms with Crippen LogP contribution in [-0.2, 0) is 0 Å². The van der Waals surface area contributed by atoms with Crippen molar-refractivity contribution in [3.63, 3.8) is 0 Å². The van der Waals surface area contributed by atoms with E-state index in [1.54, 1.807) is 48.7 Å². The first-order valence-electron chi connectivity index (χ1n) is 7.78. The number of nitrogens with zero attached hydrogens (tertiary/aromatic N) is 1. The third-order valence-electron chi connectivity index (χ3n) is 3.90. The summed E-state index contributed by atoms with van der Waals surface area (Å²) in [6.45, 7) is 3.97. The number of nitrogens with one attached hydrogen (secondary N) is 1. The van der Waals surface area contributed by atoms with Gasteiger partial charge in [-0.2, -0.15) is 0 Å². The average molecular weight is 375 g/mol. The standard InChI is InChI=1S/C19H16Cl2N2O2/c1-11(2)23-10-16(18(24)15-9-13(21)5-8-17(15)23)19(25)22-14-6-3-12(20)4-7-14/h3-11H,1-2H3,(H,22,25). The van der Waals surface area contributed by atoms with Gasteiger partial charge >= 0.3 is 0 Å². The number of anilines is 1. The Morgan fingerprint density at radius 2 is 1.68 bits per heavy atom. The molecule has 0 aliphatic carbocycles. The number of benzene rings is 2. The Hall–Kier alpha value is -2.30. The van der Waals surface area contributed by atoms with Crippen LogP contribution in [0.4, 0.5) is 5.69 Å². The van der Waals surface area contributed by atoms with Gasteiger partial charge in [0, 0.05) is 33.4 Å². The Kier molecular flexibility index (Phi) is 4.84. The van der Waals surface area contributed by atoms with Crippen LogP contribution in [0.15, 0.2) is 53.5 Å². The monoisotopic (exact) mass is 374 g/mol.